The van der Waals surface area contributed by atoms with E-state index in [0.717, 1.165) is 25.8 Å². The molecule has 20 heavy (non-hydrogen) atoms. The Bertz CT molecular complexity index is 281. The van der Waals surface area contributed by atoms with E-state index >= 15 is 0 Å². The Kier molecular flexibility index (Phi) is 8.11. The van der Waals surface area contributed by atoms with Gasteiger partial charge in [0.05, 0.1) is 26.4 Å². The predicted molar refractivity (Wildman–Crippen MR) is 77.7 cm³/mol. The molecule has 0 radical (unpaired) electrons. The average molecular weight is 287 g/mol. The molecule has 0 amide bonds. The molecule has 1 N–H and O–H groups in total. The Morgan fingerprint density at radius 1 is 1.15 bits per heavy atom. The Balaban J connectivity index is 2.57. The van der Waals surface area contributed by atoms with Crippen molar-refractivity contribution in [1.29, 1.82) is 0 Å². The van der Waals surface area contributed by atoms with Gasteiger partial charge in [0.15, 0.2) is 0 Å². The van der Waals surface area contributed by atoms with Crippen molar-refractivity contribution < 1.29 is 19.0 Å². The third-order valence-electron chi connectivity index (χ3n) is 3.51. The molecule has 1 rings (SSSR count). The number of rotatable bonds is 12. The summed E-state index contributed by atoms with van der Waals surface area (Å²) in [4.78, 5) is 12.4. The lowest BCUT2D eigenvalue weighted by atomic mass is 9.94. The second kappa shape index (κ2) is 9.32. The van der Waals surface area contributed by atoms with E-state index in [1.165, 1.54) is 0 Å². The lowest BCUT2D eigenvalue weighted by Crippen LogP contribution is -2.58. The monoisotopic (exact) mass is 287 g/mol. The summed E-state index contributed by atoms with van der Waals surface area (Å²) in [5.41, 5.74) is -0.668. The topological polar surface area (TPSA) is 56.8 Å². The number of nitrogens with one attached hydrogen (secondary N) is 1. The molecule has 1 aliphatic rings. The van der Waals surface area contributed by atoms with Gasteiger partial charge in [0.25, 0.3) is 0 Å². The molecule has 1 unspecified atom stereocenters. The molecule has 1 atom stereocenters. The fourth-order valence-electron chi connectivity index (χ4n) is 2.29. The van der Waals surface area contributed by atoms with Gasteiger partial charge >= 0.3 is 5.97 Å². The van der Waals surface area contributed by atoms with Gasteiger partial charge in [-0.3, -0.25) is 5.32 Å². The van der Waals surface area contributed by atoms with Crippen molar-refractivity contribution in [3.63, 3.8) is 0 Å². The first-order chi connectivity index (χ1) is 9.71. The molecule has 0 aromatic heterocycles. The highest BCUT2D eigenvalue weighted by Crippen LogP contribution is 2.40. The van der Waals surface area contributed by atoms with Crippen LogP contribution in [0.5, 0.6) is 0 Å². The minimum Gasteiger partial charge on any atom is -0.465 e. The summed E-state index contributed by atoms with van der Waals surface area (Å²) in [7, 11) is 0. The van der Waals surface area contributed by atoms with Gasteiger partial charge in [0.1, 0.15) is 5.54 Å². The molecular weight excluding hydrogens is 258 g/mol. The zero-order chi connectivity index (χ0) is 14.8. The van der Waals surface area contributed by atoms with Gasteiger partial charge in [0, 0.05) is 6.61 Å². The largest absolute Gasteiger partial charge is 0.465 e. The van der Waals surface area contributed by atoms with Gasteiger partial charge < -0.3 is 14.2 Å². The Morgan fingerprint density at radius 3 is 2.40 bits per heavy atom. The van der Waals surface area contributed by atoms with Crippen LogP contribution in [-0.4, -0.2) is 51.1 Å². The predicted octanol–water partition coefficient (Wildman–Crippen LogP) is 1.75. The molecule has 1 fully saturated rings. The van der Waals surface area contributed by atoms with Crippen LogP contribution in [0.4, 0.5) is 0 Å². The van der Waals surface area contributed by atoms with Crippen LogP contribution in [0.3, 0.4) is 0 Å². The van der Waals surface area contributed by atoms with E-state index in [2.05, 4.69) is 12.2 Å². The highest BCUT2D eigenvalue weighted by atomic mass is 16.5. The molecule has 5 heteroatoms. The van der Waals surface area contributed by atoms with E-state index in [1.54, 1.807) is 0 Å². The van der Waals surface area contributed by atoms with E-state index in [9.17, 15) is 4.79 Å². The van der Waals surface area contributed by atoms with E-state index in [1.807, 2.05) is 13.8 Å². The first-order valence-electron chi connectivity index (χ1n) is 7.79. The quantitative estimate of drug-likeness (QED) is 0.438. The van der Waals surface area contributed by atoms with E-state index in [4.69, 9.17) is 14.2 Å². The number of carbonyl (C=O) groups is 1. The Labute approximate surface area is 122 Å². The van der Waals surface area contributed by atoms with Crippen LogP contribution < -0.4 is 5.32 Å². The molecule has 5 nitrogen and oxygen atoms in total. The third-order valence-corrected chi connectivity index (χ3v) is 3.51. The molecule has 0 aromatic rings. The number of carbonyl (C=O) groups excluding carboxylic acids is 1. The summed E-state index contributed by atoms with van der Waals surface area (Å²) in [5, 5.41) is 3.38. The molecule has 1 saturated carbocycles. The second-order valence-corrected chi connectivity index (χ2v) is 5.14. The first kappa shape index (κ1) is 17.4. The van der Waals surface area contributed by atoms with Gasteiger partial charge in [0.2, 0.25) is 0 Å². The van der Waals surface area contributed by atoms with Crippen LogP contribution in [0.15, 0.2) is 0 Å². The normalized spacial score (nSPS) is 17.8. The molecule has 118 valence electrons. The summed E-state index contributed by atoms with van der Waals surface area (Å²) >= 11 is 0. The van der Waals surface area contributed by atoms with Crippen LogP contribution >= 0.6 is 0 Å². The van der Waals surface area contributed by atoms with Crippen molar-refractivity contribution in [2.24, 2.45) is 5.92 Å². The van der Waals surface area contributed by atoms with Crippen molar-refractivity contribution in [2.45, 2.75) is 45.6 Å². The fourth-order valence-corrected chi connectivity index (χ4v) is 2.29. The lowest BCUT2D eigenvalue weighted by molar-refractivity contribution is -0.156. The van der Waals surface area contributed by atoms with Gasteiger partial charge in [-0.2, -0.15) is 0 Å². The maximum Gasteiger partial charge on any atom is 0.329 e. The summed E-state index contributed by atoms with van der Waals surface area (Å²) < 4.78 is 16.2. The van der Waals surface area contributed by atoms with Crippen molar-refractivity contribution >= 4 is 5.97 Å². The second-order valence-electron chi connectivity index (χ2n) is 5.14. The lowest BCUT2D eigenvalue weighted by Gasteiger charge is -2.32. The van der Waals surface area contributed by atoms with E-state index in [-0.39, 0.29) is 5.97 Å². The van der Waals surface area contributed by atoms with Crippen LogP contribution in [0.2, 0.25) is 0 Å². The number of esters is 1. The summed E-state index contributed by atoms with van der Waals surface area (Å²) in [6, 6.07) is 0. The van der Waals surface area contributed by atoms with Gasteiger partial charge in [-0.1, -0.05) is 6.92 Å². The maximum atomic E-state index is 12.4. The fraction of sp³-hybridized carbons (Fsp3) is 0.933. The Morgan fingerprint density at radius 2 is 1.85 bits per heavy atom. The molecule has 1 aliphatic carbocycles. The first-order valence-corrected chi connectivity index (χ1v) is 7.79. The zero-order valence-electron chi connectivity index (χ0n) is 13.1. The molecule has 0 aromatic carbocycles. The summed E-state index contributed by atoms with van der Waals surface area (Å²) in [6.07, 6.45) is 3.10. The van der Waals surface area contributed by atoms with Gasteiger partial charge in [-0.05, 0) is 45.6 Å². The van der Waals surface area contributed by atoms with Crippen molar-refractivity contribution in [2.75, 3.05) is 39.6 Å². The summed E-state index contributed by atoms with van der Waals surface area (Å²) in [5.74, 6) is 0.160. The van der Waals surface area contributed by atoms with Crippen molar-refractivity contribution in [3.05, 3.63) is 0 Å². The molecule has 0 spiro atoms. The van der Waals surface area contributed by atoms with Crippen LogP contribution in [0, 0.1) is 5.92 Å². The number of hydrogen-bond donors (Lipinski definition) is 1. The highest BCUT2D eigenvalue weighted by molar-refractivity contribution is 5.82. The average Bonchev–Trinajstić information content (AvgIpc) is 3.27. The summed E-state index contributed by atoms with van der Waals surface area (Å²) in [6.45, 7) is 9.20. The molecule has 0 aliphatic heterocycles. The Hall–Kier alpha value is -0.650. The van der Waals surface area contributed by atoms with Crippen molar-refractivity contribution in [1.82, 2.24) is 5.32 Å². The van der Waals surface area contributed by atoms with E-state index < -0.39 is 5.54 Å². The minimum atomic E-state index is -0.668. The third kappa shape index (κ3) is 5.04. The van der Waals surface area contributed by atoms with Crippen LogP contribution in [0.25, 0.3) is 0 Å². The van der Waals surface area contributed by atoms with E-state index in [0.29, 0.717) is 39.0 Å². The molecule has 0 heterocycles. The standard InChI is InChI=1S/C15H29NO4/c1-4-9-16-15(13-7-8-13,14(17)20-6-3)12-19-11-10-18-5-2/h13,16H,4-12H2,1-3H3. The highest BCUT2D eigenvalue weighted by Gasteiger charge is 2.52. The zero-order valence-corrected chi connectivity index (χ0v) is 13.1. The molecular formula is C15H29NO4. The SMILES string of the molecule is CCCNC(COCCOCC)(C(=O)OCC)C1CC1. The minimum absolute atomic E-state index is 0.174. The van der Waals surface area contributed by atoms with Gasteiger partial charge in [-0.25, -0.2) is 4.79 Å². The van der Waals surface area contributed by atoms with Crippen LogP contribution in [-0.2, 0) is 19.0 Å². The molecule has 0 bridgehead atoms. The number of hydrogen-bond acceptors (Lipinski definition) is 5. The molecule has 0 saturated heterocycles. The maximum absolute atomic E-state index is 12.4. The number of ether oxygens (including phenoxy) is 3. The van der Waals surface area contributed by atoms with Crippen molar-refractivity contribution in [3.8, 4) is 0 Å². The van der Waals surface area contributed by atoms with Gasteiger partial charge in [-0.15, -0.1) is 0 Å². The smallest absolute Gasteiger partial charge is 0.329 e. The van der Waals surface area contributed by atoms with Crippen LogP contribution in [0.1, 0.15) is 40.0 Å².